The molecule has 5 heteroatoms. The van der Waals surface area contributed by atoms with E-state index < -0.39 is 6.18 Å². The molecule has 0 atom stereocenters. The van der Waals surface area contributed by atoms with E-state index >= 15 is 0 Å². The Morgan fingerprint density at radius 1 is 1.15 bits per heavy atom. The highest BCUT2D eigenvalue weighted by Gasteiger charge is 2.23. The van der Waals surface area contributed by atoms with Gasteiger partial charge in [0.2, 0.25) is 0 Å². The third-order valence-electron chi connectivity index (χ3n) is 1.18. The maximum atomic E-state index is 11.6. The van der Waals surface area contributed by atoms with Gasteiger partial charge >= 0.3 is 6.18 Å². The van der Waals surface area contributed by atoms with Crippen molar-refractivity contribution in [1.29, 1.82) is 0 Å². The Morgan fingerprint density at radius 2 is 1.77 bits per heavy atom. The normalized spacial score (nSPS) is 11.9. The minimum absolute atomic E-state index is 0.0972. The standard InChI is InChI=1S/C8H7F3N2/c9-8(10,11)6-12-13-7-4-2-1-3-5-7/h1-6,13H/b12-6+. The van der Waals surface area contributed by atoms with E-state index in [2.05, 4.69) is 10.5 Å². The molecule has 0 saturated heterocycles. The molecule has 0 aliphatic carbocycles. The van der Waals surface area contributed by atoms with E-state index in [1.807, 2.05) is 0 Å². The van der Waals surface area contributed by atoms with Crippen molar-refractivity contribution in [2.45, 2.75) is 6.18 Å². The zero-order valence-corrected chi connectivity index (χ0v) is 6.55. The van der Waals surface area contributed by atoms with Gasteiger partial charge in [-0.05, 0) is 12.1 Å². The van der Waals surface area contributed by atoms with E-state index in [1.54, 1.807) is 30.3 Å². The topological polar surface area (TPSA) is 24.4 Å². The van der Waals surface area contributed by atoms with Crippen LogP contribution in [-0.4, -0.2) is 12.4 Å². The molecule has 0 unspecified atom stereocenters. The quantitative estimate of drug-likeness (QED) is 0.560. The van der Waals surface area contributed by atoms with Crippen LogP contribution in [0.3, 0.4) is 0 Å². The van der Waals surface area contributed by atoms with Crippen molar-refractivity contribution >= 4 is 11.9 Å². The van der Waals surface area contributed by atoms with Gasteiger partial charge in [0.15, 0.2) is 0 Å². The monoisotopic (exact) mass is 188 g/mol. The van der Waals surface area contributed by atoms with E-state index in [9.17, 15) is 13.2 Å². The molecular formula is C8H7F3N2. The average Bonchev–Trinajstić information content (AvgIpc) is 2.04. The molecule has 13 heavy (non-hydrogen) atoms. The fourth-order valence-electron chi connectivity index (χ4n) is 0.693. The number of halogens is 3. The molecule has 0 amide bonds. The highest BCUT2D eigenvalue weighted by molar-refractivity contribution is 5.65. The van der Waals surface area contributed by atoms with Crippen molar-refractivity contribution in [2.24, 2.45) is 5.10 Å². The van der Waals surface area contributed by atoms with E-state index in [0.717, 1.165) is 0 Å². The highest BCUT2D eigenvalue weighted by Crippen LogP contribution is 2.11. The molecule has 1 N–H and O–H groups in total. The minimum Gasteiger partial charge on any atom is -0.279 e. The Kier molecular flexibility index (Phi) is 2.89. The lowest BCUT2D eigenvalue weighted by atomic mass is 10.3. The van der Waals surface area contributed by atoms with Crippen LogP contribution in [-0.2, 0) is 0 Å². The van der Waals surface area contributed by atoms with Gasteiger partial charge in [-0.25, -0.2) is 0 Å². The number of nitrogens with zero attached hydrogens (tertiary/aromatic N) is 1. The van der Waals surface area contributed by atoms with Crippen LogP contribution in [0.5, 0.6) is 0 Å². The Bertz CT molecular complexity index is 279. The number of hydrogen-bond acceptors (Lipinski definition) is 2. The average molecular weight is 188 g/mol. The van der Waals surface area contributed by atoms with Crippen molar-refractivity contribution in [3.63, 3.8) is 0 Å². The van der Waals surface area contributed by atoms with Gasteiger partial charge in [0.25, 0.3) is 0 Å². The lowest BCUT2D eigenvalue weighted by Gasteiger charge is -1.99. The fraction of sp³-hybridized carbons (Fsp3) is 0.125. The summed E-state index contributed by atoms with van der Waals surface area (Å²) in [6.07, 6.45) is -4.47. The second-order valence-corrected chi connectivity index (χ2v) is 2.28. The minimum atomic E-state index is -4.37. The molecule has 70 valence electrons. The number of anilines is 1. The first-order chi connectivity index (χ1) is 6.08. The number of alkyl halides is 3. The van der Waals surface area contributed by atoms with E-state index in [0.29, 0.717) is 5.69 Å². The van der Waals surface area contributed by atoms with Crippen LogP contribution < -0.4 is 5.43 Å². The van der Waals surface area contributed by atoms with Crippen molar-refractivity contribution in [2.75, 3.05) is 5.43 Å². The van der Waals surface area contributed by atoms with Gasteiger partial charge in [0, 0.05) is 0 Å². The summed E-state index contributed by atoms with van der Waals surface area (Å²) in [4.78, 5) is 0. The first-order valence-electron chi connectivity index (χ1n) is 3.50. The van der Waals surface area contributed by atoms with Crippen LogP contribution in [0, 0.1) is 0 Å². The van der Waals surface area contributed by atoms with Crippen LogP contribution >= 0.6 is 0 Å². The van der Waals surface area contributed by atoms with Gasteiger partial charge in [0.1, 0.15) is 6.21 Å². The molecule has 1 aromatic carbocycles. The Balaban J connectivity index is 2.49. The molecule has 2 nitrogen and oxygen atoms in total. The second-order valence-electron chi connectivity index (χ2n) is 2.28. The lowest BCUT2D eigenvalue weighted by molar-refractivity contribution is -0.0536. The van der Waals surface area contributed by atoms with Gasteiger partial charge in [0.05, 0.1) is 5.69 Å². The summed E-state index contributed by atoms with van der Waals surface area (Å²) in [5.74, 6) is 0. The molecule has 0 fully saturated rings. The number of nitrogens with one attached hydrogen (secondary N) is 1. The fourth-order valence-corrected chi connectivity index (χ4v) is 0.693. The van der Waals surface area contributed by atoms with Crippen molar-refractivity contribution in [3.8, 4) is 0 Å². The highest BCUT2D eigenvalue weighted by atomic mass is 19.4. The SMILES string of the molecule is FC(F)(F)/C=N/Nc1ccccc1. The van der Waals surface area contributed by atoms with Gasteiger partial charge in [-0.3, -0.25) is 5.43 Å². The van der Waals surface area contributed by atoms with E-state index in [1.165, 1.54) is 0 Å². The zero-order valence-electron chi connectivity index (χ0n) is 6.55. The molecule has 0 saturated carbocycles. The summed E-state index contributed by atoms with van der Waals surface area (Å²) in [5, 5.41) is 3.01. The molecule has 0 spiro atoms. The predicted molar refractivity (Wildman–Crippen MR) is 44.6 cm³/mol. The Labute approximate surface area is 73.1 Å². The summed E-state index contributed by atoms with van der Waals surface area (Å²) in [6, 6.07) is 8.40. The summed E-state index contributed by atoms with van der Waals surface area (Å²) >= 11 is 0. The molecule has 0 aliphatic heterocycles. The summed E-state index contributed by atoms with van der Waals surface area (Å²) in [5.41, 5.74) is 2.77. The van der Waals surface area contributed by atoms with E-state index in [4.69, 9.17) is 0 Å². The van der Waals surface area contributed by atoms with Gasteiger partial charge in [-0.2, -0.15) is 18.3 Å². The largest absolute Gasteiger partial charge is 0.428 e. The lowest BCUT2D eigenvalue weighted by Crippen LogP contribution is -2.09. The molecule has 1 rings (SSSR count). The number of benzene rings is 1. The predicted octanol–water partition coefficient (Wildman–Crippen LogP) is 2.65. The molecular weight excluding hydrogens is 181 g/mol. The van der Waals surface area contributed by atoms with Crippen LogP contribution in [0.4, 0.5) is 18.9 Å². The van der Waals surface area contributed by atoms with Crippen LogP contribution in [0.1, 0.15) is 0 Å². The molecule has 0 aliphatic rings. The van der Waals surface area contributed by atoms with Crippen LogP contribution in [0.15, 0.2) is 35.4 Å². The van der Waals surface area contributed by atoms with E-state index in [-0.39, 0.29) is 6.21 Å². The van der Waals surface area contributed by atoms with Gasteiger partial charge < -0.3 is 0 Å². The first kappa shape index (κ1) is 9.57. The Hall–Kier alpha value is -1.52. The summed E-state index contributed by atoms with van der Waals surface area (Å²) in [6.45, 7) is 0. The van der Waals surface area contributed by atoms with Crippen LogP contribution in [0.25, 0.3) is 0 Å². The molecule has 0 heterocycles. The smallest absolute Gasteiger partial charge is 0.279 e. The molecule has 0 radical (unpaired) electrons. The Morgan fingerprint density at radius 3 is 2.31 bits per heavy atom. The number of rotatable bonds is 2. The molecule has 1 aromatic rings. The molecule has 0 aromatic heterocycles. The second kappa shape index (κ2) is 3.93. The third-order valence-corrected chi connectivity index (χ3v) is 1.18. The zero-order chi connectivity index (χ0) is 9.73. The summed E-state index contributed by atoms with van der Waals surface area (Å²) in [7, 11) is 0. The van der Waals surface area contributed by atoms with Gasteiger partial charge in [-0.1, -0.05) is 18.2 Å². The van der Waals surface area contributed by atoms with Crippen molar-refractivity contribution in [1.82, 2.24) is 0 Å². The van der Waals surface area contributed by atoms with Gasteiger partial charge in [-0.15, -0.1) is 0 Å². The number of para-hydroxylation sites is 1. The number of hydrogen-bond donors (Lipinski definition) is 1. The maximum absolute atomic E-state index is 11.6. The number of hydrazone groups is 1. The molecule has 0 bridgehead atoms. The van der Waals surface area contributed by atoms with Crippen molar-refractivity contribution < 1.29 is 13.2 Å². The van der Waals surface area contributed by atoms with Crippen molar-refractivity contribution in [3.05, 3.63) is 30.3 Å². The van der Waals surface area contributed by atoms with Crippen LogP contribution in [0.2, 0.25) is 0 Å². The summed E-state index contributed by atoms with van der Waals surface area (Å²) < 4.78 is 34.7. The first-order valence-corrected chi connectivity index (χ1v) is 3.50. The third kappa shape index (κ3) is 4.15. The maximum Gasteiger partial charge on any atom is 0.428 e.